The van der Waals surface area contributed by atoms with Gasteiger partial charge in [-0.2, -0.15) is 4.98 Å². The lowest BCUT2D eigenvalue weighted by atomic mass is 9.92. The molecule has 94 valence electrons. The summed E-state index contributed by atoms with van der Waals surface area (Å²) in [5.74, 6) is 8.10. The number of nitrogens with two attached hydrogens (primary N) is 1. The summed E-state index contributed by atoms with van der Waals surface area (Å²) in [6.45, 7) is 6.62. The molecule has 2 atom stereocenters. The van der Waals surface area contributed by atoms with Crippen molar-refractivity contribution >= 4 is 27.7 Å². The molecule has 6 heteroatoms. The number of piperidine rings is 1. The lowest BCUT2D eigenvalue weighted by molar-refractivity contribution is 0.355. The lowest BCUT2D eigenvalue weighted by Crippen LogP contribution is -2.39. The molecule has 2 heterocycles. The number of hydrogen-bond acceptors (Lipinski definition) is 5. The number of hydrogen-bond donors (Lipinski definition) is 2. The molecule has 17 heavy (non-hydrogen) atoms. The van der Waals surface area contributed by atoms with Gasteiger partial charge in [0.25, 0.3) is 0 Å². The van der Waals surface area contributed by atoms with E-state index in [0.717, 1.165) is 23.4 Å². The number of aromatic nitrogens is 2. The van der Waals surface area contributed by atoms with Crippen LogP contribution in [0.1, 0.15) is 20.3 Å². The number of nitrogen functional groups attached to an aromatic ring is 1. The molecular formula is C11H18BrN5. The molecule has 0 aromatic carbocycles. The van der Waals surface area contributed by atoms with Crippen LogP contribution in [0.15, 0.2) is 10.7 Å². The van der Waals surface area contributed by atoms with Gasteiger partial charge in [0.05, 0.1) is 4.47 Å². The summed E-state index contributed by atoms with van der Waals surface area (Å²) in [6.07, 6.45) is 3.02. The van der Waals surface area contributed by atoms with Gasteiger partial charge in [-0.15, -0.1) is 0 Å². The normalized spacial score (nSPS) is 24.8. The van der Waals surface area contributed by atoms with Crippen molar-refractivity contribution in [3.05, 3.63) is 10.7 Å². The van der Waals surface area contributed by atoms with Crippen molar-refractivity contribution in [2.24, 2.45) is 17.7 Å². The number of nitrogens with one attached hydrogen (secondary N) is 1. The Balaban J connectivity index is 2.26. The van der Waals surface area contributed by atoms with Gasteiger partial charge in [-0.05, 0) is 34.2 Å². The predicted molar refractivity (Wildman–Crippen MR) is 72.7 cm³/mol. The molecule has 0 spiro atoms. The first-order valence-corrected chi connectivity index (χ1v) is 6.63. The molecule has 1 fully saturated rings. The zero-order valence-corrected chi connectivity index (χ0v) is 11.7. The molecular weight excluding hydrogens is 282 g/mol. The third-order valence-corrected chi connectivity index (χ3v) is 3.58. The zero-order valence-electron chi connectivity index (χ0n) is 10.2. The molecule has 1 aliphatic rings. The van der Waals surface area contributed by atoms with Crippen molar-refractivity contribution in [1.29, 1.82) is 0 Å². The molecule has 0 amide bonds. The van der Waals surface area contributed by atoms with E-state index in [-0.39, 0.29) is 0 Å². The summed E-state index contributed by atoms with van der Waals surface area (Å²) in [5, 5.41) is 0. The third-order valence-electron chi connectivity index (χ3n) is 3.02. The fourth-order valence-electron chi connectivity index (χ4n) is 2.49. The Morgan fingerprint density at radius 3 is 2.65 bits per heavy atom. The molecule has 3 N–H and O–H groups in total. The second-order valence-corrected chi connectivity index (χ2v) is 5.71. The van der Waals surface area contributed by atoms with E-state index in [2.05, 4.69) is 50.1 Å². The highest BCUT2D eigenvalue weighted by atomic mass is 79.9. The average Bonchev–Trinajstić information content (AvgIpc) is 2.28. The topological polar surface area (TPSA) is 67.1 Å². The quantitative estimate of drug-likeness (QED) is 0.646. The molecule has 2 rings (SSSR count). The van der Waals surface area contributed by atoms with Crippen molar-refractivity contribution in [3.8, 4) is 0 Å². The van der Waals surface area contributed by atoms with Crippen molar-refractivity contribution in [2.75, 3.05) is 23.4 Å². The maximum Gasteiger partial charge on any atom is 0.239 e. The van der Waals surface area contributed by atoms with E-state index in [0.29, 0.717) is 17.8 Å². The molecule has 1 aliphatic heterocycles. The van der Waals surface area contributed by atoms with Gasteiger partial charge < -0.3 is 4.90 Å². The highest BCUT2D eigenvalue weighted by molar-refractivity contribution is 9.10. The Morgan fingerprint density at radius 2 is 2.06 bits per heavy atom. The monoisotopic (exact) mass is 299 g/mol. The second-order valence-electron chi connectivity index (χ2n) is 4.86. The smallest absolute Gasteiger partial charge is 0.239 e. The Kier molecular flexibility index (Phi) is 3.83. The van der Waals surface area contributed by atoms with Crippen LogP contribution in [0.4, 0.5) is 11.8 Å². The first-order chi connectivity index (χ1) is 8.10. The van der Waals surface area contributed by atoms with E-state index in [1.807, 2.05) is 0 Å². The third kappa shape index (κ3) is 2.87. The molecule has 0 radical (unpaired) electrons. The second kappa shape index (κ2) is 5.18. The largest absolute Gasteiger partial charge is 0.355 e. The van der Waals surface area contributed by atoms with E-state index in [4.69, 9.17) is 5.84 Å². The molecule has 0 saturated carbocycles. The molecule has 0 aliphatic carbocycles. The van der Waals surface area contributed by atoms with Gasteiger partial charge in [0.1, 0.15) is 5.82 Å². The van der Waals surface area contributed by atoms with Crippen LogP contribution in [0.25, 0.3) is 0 Å². The SMILES string of the molecule is CC1CC(C)CN(c2nc(NN)ncc2Br)C1. The van der Waals surface area contributed by atoms with Gasteiger partial charge in [0.15, 0.2) is 0 Å². The fourth-order valence-corrected chi connectivity index (χ4v) is 2.93. The van der Waals surface area contributed by atoms with Gasteiger partial charge in [-0.3, -0.25) is 5.43 Å². The summed E-state index contributed by atoms with van der Waals surface area (Å²) in [7, 11) is 0. The minimum absolute atomic E-state index is 0.453. The first-order valence-electron chi connectivity index (χ1n) is 5.84. The van der Waals surface area contributed by atoms with Gasteiger partial charge in [-0.25, -0.2) is 10.8 Å². The highest BCUT2D eigenvalue weighted by Gasteiger charge is 2.24. The van der Waals surface area contributed by atoms with Crippen LogP contribution in [0, 0.1) is 11.8 Å². The summed E-state index contributed by atoms with van der Waals surface area (Å²) < 4.78 is 0.915. The number of hydrazine groups is 1. The lowest BCUT2D eigenvalue weighted by Gasteiger charge is -2.36. The molecule has 1 saturated heterocycles. The number of rotatable bonds is 2. The first kappa shape index (κ1) is 12.6. The van der Waals surface area contributed by atoms with Crippen LogP contribution >= 0.6 is 15.9 Å². The molecule has 1 aromatic heterocycles. The Bertz CT molecular complexity index is 387. The van der Waals surface area contributed by atoms with E-state index >= 15 is 0 Å². The van der Waals surface area contributed by atoms with Gasteiger partial charge in [-0.1, -0.05) is 13.8 Å². The van der Waals surface area contributed by atoms with Gasteiger partial charge >= 0.3 is 0 Å². The fraction of sp³-hybridized carbons (Fsp3) is 0.636. The van der Waals surface area contributed by atoms with E-state index in [9.17, 15) is 0 Å². The van der Waals surface area contributed by atoms with Crippen LogP contribution in [-0.4, -0.2) is 23.1 Å². The molecule has 1 aromatic rings. The van der Waals surface area contributed by atoms with E-state index in [1.165, 1.54) is 6.42 Å². The molecule has 0 bridgehead atoms. The Labute approximate surface area is 110 Å². The van der Waals surface area contributed by atoms with Crippen LogP contribution in [0.3, 0.4) is 0 Å². The van der Waals surface area contributed by atoms with Crippen LogP contribution < -0.4 is 16.2 Å². The maximum absolute atomic E-state index is 5.34. The molecule has 5 nitrogen and oxygen atoms in total. The number of nitrogens with zero attached hydrogens (tertiary/aromatic N) is 3. The summed E-state index contributed by atoms with van der Waals surface area (Å²) in [5.41, 5.74) is 2.49. The minimum atomic E-state index is 0.453. The van der Waals surface area contributed by atoms with Crippen LogP contribution in [-0.2, 0) is 0 Å². The highest BCUT2D eigenvalue weighted by Crippen LogP contribution is 2.30. The zero-order chi connectivity index (χ0) is 12.4. The van der Waals surface area contributed by atoms with Crippen LogP contribution in [0.5, 0.6) is 0 Å². The van der Waals surface area contributed by atoms with Crippen molar-refractivity contribution in [2.45, 2.75) is 20.3 Å². The van der Waals surface area contributed by atoms with Crippen molar-refractivity contribution < 1.29 is 0 Å². The minimum Gasteiger partial charge on any atom is -0.355 e. The summed E-state index contributed by atoms with van der Waals surface area (Å²) >= 11 is 3.50. The van der Waals surface area contributed by atoms with Crippen molar-refractivity contribution in [1.82, 2.24) is 9.97 Å². The van der Waals surface area contributed by atoms with Gasteiger partial charge in [0, 0.05) is 19.3 Å². The number of halogens is 1. The molecule has 2 unspecified atom stereocenters. The Hall–Kier alpha value is -0.880. The maximum atomic E-state index is 5.34. The summed E-state index contributed by atoms with van der Waals surface area (Å²) in [4.78, 5) is 10.8. The Morgan fingerprint density at radius 1 is 1.41 bits per heavy atom. The number of anilines is 2. The van der Waals surface area contributed by atoms with Crippen LogP contribution in [0.2, 0.25) is 0 Å². The van der Waals surface area contributed by atoms with Gasteiger partial charge in [0.2, 0.25) is 5.95 Å². The predicted octanol–water partition coefficient (Wildman–Crippen LogP) is 2.01. The van der Waals surface area contributed by atoms with E-state index in [1.54, 1.807) is 6.20 Å². The van der Waals surface area contributed by atoms with Crippen molar-refractivity contribution in [3.63, 3.8) is 0 Å². The summed E-state index contributed by atoms with van der Waals surface area (Å²) in [6, 6.07) is 0. The average molecular weight is 300 g/mol. The standard InChI is InChI=1S/C11H18BrN5/c1-7-3-8(2)6-17(5-7)10-9(12)4-14-11(15-10)16-13/h4,7-8H,3,5-6,13H2,1-2H3,(H,14,15,16). The van der Waals surface area contributed by atoms with E-state index < -0.39 is 0 Å².